The Bertz CT molecular complexity index is 570. The Morgan fingerprint density at radius 3 is 2.59 bits per heavy atom. The van der Waals surface area contributed by atoms with Crippen LogP contribution in [0.15, 0.2) is 33.5 Å². The molecule has 22 heavy (non-hydrogen) atoms. The largest absolute Gasteiger partial charge is 0.448 e. The summed E-state index contributed by atoms with van der Waals surface area (Å²) in [6.07, 6.45) is -0.629. The second-order valence-electron chi connectivity index (χ2n) is 4.35. The number of morpholine rings is 1. The van der Waals surface area contributed by atoms with Crippen molar-refractivity contribution < 1.29 is 19.2 Å². The molecule has 8 nitrogen and oxygen atoms in total. The molecule has 0 bridgehead atoms. The fourth-order valence-corrected chi connectivity index (χ4v) is 3.48. The van der Waals surface area contributed by atoms with Crippen LogP contribution in [0, 0.1) is 10.1 Å². The van der Waals surface area contributed by atoms with E-state index in [1.165, 1.54) is 12.1 Å². The number of rotatable bonds is 4. The van der Waals surface area contributed by atoms with Crippen LogP contribution >= 0.6 is 0 Å². The number of nitro groups is 1. The molecule has 1 aromatic carbocycles. The first-order chi connectivity index (χ1) is 10.6. The van der Waals surface area contributed by atoms with Gasteiger partial charge in [-0.1, -0.05) is 0 Å². The van der Waals surface area contributed by atoms with Crippen molar-refractivity contribution in [1.29, 1.82) is 0 Å². The first-order valence-electron chi connectivity index (χ1n) is 6.82. The van der Waals surface area contributed by atoms with Crippen LogP contribution in [0.4, 0.5) is 10.5 Å². The molecule has 0 unspecified atom stereocenters. The van der Waals surface area contributed by atoms with Crippen molar-refractivity contribution in [1.82, 2.24) is 4.31 Å². The number of carbonyl (C=O) groups excluding carboxylic acids is 1. The maximum Gasteiger partial charge on any atom is 0.441 e. The van der Waals surface area contributed by atoms with E-state index in [1.807, 2.05) is 4.31 Å². The maximum atomic E-state index is 11.7. The van der Waals surface area contributed by atoms with E-state index in [2.05, 4.69) is 4.36 Å². The summed E-state index contributed by atoms with van der Waals surface area (Å²) in [5.41, 5.74) is 0.00501. The summed E-state index contributed by atoms with van der Waals surface area (Å²) in [5.74, 6) is 0. The number of ether oxygens (including phenoxy) is 2. The number of nitrogens with zero attached hydrogens (tertiary/aromatic N) is 3. The van der Waals surface area contributed by atoms with Gasteiger partial charge in [-0.3, -0.25) is 10.1 Å². The van der Waals surface area contributed by atoms with Crippen LogP contribution in [-0.2, 0) is 20.4 Å². The van der Waals surface area contributed by atoms with Crippen LogP contribution in [0.3, 0.4) is 0 Å². The van der Waals surface area contributed by atoms with Gasteiger partial charge in [0.1, 0.15) is 0 Å². The molecule has 2 rings (SSSR count). The van der Waals surface area contributed by atoms with E-state index < -0.39 is 21.9 Å². The molecule has 0 spiro atoms. The van der Waals surface area contributed by atoms with E-state index in [-0.39, 0.29) is 12.3 Å². The molecule has 1 heterocycles. The van der Waals surface area contributed by atoms with Crippen molar-refractivity contribution in [3.8, 4) is 0 Å². The van der Waals surface area contributed by atoms with Gasteiger partial charge in [0.25, 0.3) is 5.69 Å². The van der Waals surface area contributed by atoms with E-state index in [4.69, 9.17) is 9.47 Å². The molecule has 0 aliphatic carbocycles. The van der Waals surface area contributed by atoms with E-state index >= 15 is 0 Å². The van der Waals surface area contributed by atoms with Gasteiger partial charge in [0.05, 0.1) is 24.7 Å². The summed E-state index contributed by atoms with van der Waals surface area (Å²) in [5, 5.41) is 10.7. The van der Waals surface area contributed by atoms with E-state index in [1.54, 1.807) is 19.1 Å². The number of benzene rings is 1. The minimum absolute atomic E-state index is 0.00501. The van der Waals surface area contributed by atoms with Gasteiger partial charge in [0.15, 0.2) is 0 Å². The quantitative estimate of drug-likeness (QED) is 0.621. The minimum Gasteiger partial charge on any atom is -0.448 e. The second-order valence-corrected chi connectivity index (χ2v) is 6.05. The van der Waals surface area contributed by atoms with Crippen molar-refractivity contribution in [2.75, 3.05) is 32.9 Å². The summed E-state index contributed by atoms with van der Waals surface area (Å²) >= 11 is 0. The number of hydrogen-bond donors (Lipinski definition) is 0. The zero-order chi connectivity index (χ0) is 15.9. The SMILES string of the molecule is CCOC(=O)N=[S@](c1ccc([N+](=O)[O-])cc1)N1CCOCC1. The zero-order valence-electron chi connectivity index (χ0n) is 12.1. The van der Waals surface area contributed by atoms with Gasteiger partial charge in [-0.2, -0.15) is 0 Å². The molecule has 120 valence electrons. The van der Waals surface area contributed by atoms with E-state index in [9.17, 15) is 14.9 Å². The van der Waals surface area contributed by atoms with Gasteiger partial charge in [0, 0.05) is 41.0 Å². The monoisotopic (exact) mass is 327 g/mol. The fourth-order valence-electron chi connectivity index (χ4n) is 1.89. The minimum atomic E-state index is -0.846. The maximum absolute atomic E-state index is 11.7. The molecule has 0 radical (unpaired) electrons. The summed E-state index contributed by atoms with van der Waals surface area (Å²) < 4.78 is 16.3. The highest BCUT2D eigenvalue weighted by molar-refractivity contribution is 7.85. The third-order valence-electron chi connectivity index (χ3n) is 2.90. The van der Waals surface area contributed by atoms with Crippen LogP contribution in [0.5, 0.6) is 0 Å². The number of carbonyl (C=O) groups is 1. The van der Waals surface area contributed by atoms with Gasteiger partial charge in [0.2, 0.25) is 0 Å². The van der Waals surface area contributed by atoms with Crippen LogP contribution in [0.2, 0.25) is 0 Å². The molecule has 1 aromatic rings. The van der Waals surface area contributed by atoms with Gasteiger partial charge < -0.3 is 9.47 Å². The summed E-state index contributed by atoms with van der Waals surface area (Å²) in [6, 6.07) is 6.08. The van der Waals surface area contributed by atoms with E-state index in [0.29, 0.717) is 26.3 Å². The van der Waals surface area contributed by atoms with Crippen molar-refractivity contribution in [3.63, 3.8) is 0 Å². The molecule has 9 heteroatoms. The number of non-ortho nitro benzene ring substituents is 1. The van der Waals surface area contributed by atoms with Crippen molar-refractivity contribution in [2.45, 2.75) is 11.8 Å². The van der Waals surface area contributed by atoms with Gasteiger partial charge in [-0.15, -0.1) is 4.36 Å². The Balaban J connectivity index is 2.30. The molecular weight excluding hydrogens is 310 g/mol. The average molecular weight is 327 g/mol. The van der Waals surface area contributed by atoms with Crippen molar-refractivity contribution >= 4 is 22.7 Å². The van der Waals surface area contributed by atoms with Crippen LogP contribution in [0.25, 0.3) is 0 Å². The van der Waals surface area contributed by atoms with Gasteiger partial charge in [-0.05, 0) is 19.1 Å². The Morgan fingerprint density at radius 1 is 1.41 bits per heavy atom. The summed E-state index contributed by atoms with van der Waals surface area (Å²) in [7, 11) is -0.846. The Hall–Kier alpha value is -1.84. The highest BCUT2D eigenvalue weighted by Crippen LogP contribution is 2.19. The lowest BCUT2D eigenvalue weighted by atomic mass is 10.3. The first kappa shape index (κ1) is 16.5. The molecule has 0 aromatic heterocycles. The molecule has 0 saturated carbocycles. The van der Waals surface area contributed by atoms with Crippen LogP contribution in [-0.4, -0.2) is 48.2 Å². The fraction of sp³-hybridized carbons (Fsp3) is 0.462. The van der Waals surface area contributed by atoms with Gasteiger partial charge in [-0.25, -0.2) is 9.10 Å². The topological polar surface area (TPSA) is 94.3 Å². The molecule has 1 saturated heterocycles. The van der Waals surface area contributed by atoms with Crippen molar-refractivity contribution in [3.05, 3.63) is 34.4 Å². The number of hydrogen-bond acceptors (Lipinski definition) is 5. The van der Waals surface area contributed by atoms with Crippen molar-refractivity contribution in [2.24, 2.45) is 4.36 Å². The Kier molecular flexibility index (Phi) is 5.99. The highest BCUT2D eigenvalue weighted by atomic mass is 32.2. The second kappa shape index (κ2) is 7.97. The smallest absolute Gasteiger partial charge is 0.441 e. The number of amides is 1. The third-order valence-corrected chi connectivity index (χ3v) is 4.77. The van der Waals surface area contributed by atoms with Gasteiger partial charge >= 0.3 is 6.09 Å². The lowest BCUT2D eigenvalue weighted by molar-refractivity contribution is -0.384. The molecule has 1 fully saturated rings. The first-order valence-corrected chi connectivity index (χ1v) is 7.96. The third kappa shape index (κ3) is 4.33. The molecule has 1 amide bonds. The molecule has 0 N–H and O–H groups in total. The van der Waals surface area contributed by atoms with E-state index in [0.717, 1.165) is 4.90 Å². The lowest BCUT2D eigenvalue weighted by Crippen LogP contribution is -2.37. The molecule has 1 aliphatic heterocycles. The highest BCUT2D eigenvalue weighted by Gasteiger charge is 2.19. The van der Waals surface area contributed by atoms with Crippen LogP contribution in [0.1, 0.15) is 6.92 Å². The molecule has 1 aliphatic rings. The number of nitro benzene ring substituents is 1. The predicted molar refractivity (Wildman–Crippen MR) is 80.6 cm³/mol. The van der Waals surface area contributed by atoms with Crippen LogP contribution < -0.4 is 0 Å². The standard InChI is InChI=1S/C13H17N3O5S/c1-2-21-13(17)14-22(15-7-9-20-10-8-15)12-5-3-11(4-6-12)16(18)19/h3-6H,2,7-10H2,1H3/t22-/m0/s1. The summed E-state index contributed by atoms with van der Waals surface area (Å²) in [6.45, 7) is 4.38. The molecular formula is C13H17N3O5S. The Labute approximate surface area is 130 Å². The predicted octanol–water partition coefficient (Wildman–Crippen LogP) is 2.16. The Morgan fingerprint density at radius 2 is 2.05 bits per heavy atom. The zero-order valence-corrected chi connectivity index (χ0v) is 13.0. The average Bonchev–Trinajstić information content (AvgIpc) is 2.54. The normalized spacial score (nSPS) is 17.1. The molecule has 1 atom stereocenters. The summed E-state index contributed by atoms with van der Waals surface area (Å²) in [4.78, 5) is 22.7. The lowest BCUT2D eigenvalue weighted by Gasteiger charge is -2.28.